The van der Waals surface area contributed by atoms with Gasteiger partial charge in [-0.05, 0) is 30.9 Å². The second-order valence-electron chi connectivity index (χ2n) is 4.64. The van der Waals surface area contributed by atoms with Crippen LogP contribution in [0, 0.1) is 5.92 Å². The lowest BCUT2D eigenvalue weighted by Gasteiger charge is -2.44. The molecule has 15 heavy (non-hydrogen) atoms. The molecule has 3 rings (SSSR count). The number of pyridine rings is 1. The van der Waals surface area contributed by atoms with Gasteiger partial charge < -0.3 is 10.2 Å². The van der Waals surface area contributed by atoms with Crippen molar-refractivity contribution in [3.8, 4) is 0 Å². The summed E-state index contributed by atoms with van der Waals surface area (Å²) in [4.78, 5) is 6.99. The Labute approximate surface area is 90.5 Å². The zero-order valence-corrected chi connectivity index (χ0v) is 9.11. The Morgan fingerprint density at radius 2 is 2.47 bits per heavy atom. The lowest BCUT2D eigenvalue weighted by molar-refractivity contribution is 0.348. The van der Waals surface area contributed by atoms with Gasteiger partial charge in [0.15, 0.2) is 5.82 Å². The molecule has 1 aromatic rings. The molecule has 0 aliphatic carbocycles. The van der Waals surface area contributed by atoms with E-state index in [4.69, 9.17) is 0 Å². The Morgan fingerprint density at radius 3 is 3.40 bits per heavy atom. The lowest BCUT2D eigenvalue weighted by Crippen LogP contribution is -2.51. The molecule has 0 radical (unpaired) electrons. The Balaban J connectivity index is 1.99. The molecule has 2 aliphatic rings. The van der Waals surface area contributed by atoms with Gasteiger partial charge >= 0.3 is 0 Å². The van der Waals surface area contributed by atoms with Crippen LogP contribution in [0.4, 0.5) is 11.5 Å². The van der Waals surface area contributed by atoms with Crippen molar-refractivity contribution in [2.45, 2.75) is 25.8 Å². The van der Waals surface area contributed by atoms with Crippen LogP contribution < -0.4 is 10.2 Å². The van der Waals surface area contributed by atoms with E-state index in [0.717, 1.165) is 18.3 Å². The molecule has 3 nitrogen and oxygen atoms in total. The zero-order chi connectivity index (χ0) is 10.3. The van der Waals surface area contributed by atoms with E-state index in [9.17, 15) is 0 Å². The van der Waals surface area contributed by atoms with Crippen LogP contribution in [0.5, 0.6) is 0 Å². The highest BCUT2D eigenvalue weighted by atomic mass is 15.3. The van der Waals surface area contributed by atoms with Crippen LogP contribution in [0.25, 0.3) is 0 Å². The van der Waals surface area contributed by atoms with Crippen molar-refractivity contribution in [3.63, 3.8) is 0 Å². The third kappa shape index (κ3) is 1.37. The maximum Gasteiger partial charge on any atom is 0.152 e. The summed E-state index contributed by atoms with van der Waals surface area (Å²) in [6.07, 6.45) is 4.54. The van der Waals surface area contributed by atoms with E-state index in [0.29, 0.717) is 6.04 Å². The fourth-order valence-corrected chi connectivity index (χ4v) is 2.80. The molecule has 0 saturated carbocycles. The molecule has 3 heterocycles. The van der Waals surface area contributed by atoms with Crippen molar-refractivity contribution >= 4 is 11.5 Å². The van der Waals surface area contributed by atoms with Gasteiger partial charge in [-0.2, -0.15) is 0 Å². The number of nitrogens with one attached hydrogen (secondary N) is 1. The van der Waals surface area contributed by atoms with Crippen LogP contribution >= 0.6 is 0 Å². The molecule has 0 spiro atoms. The largest absolute Gasteiger partial charge is 0.380 e. The van der Waals surface area contributed by atoms with E-state index in [1.54, 1.807) is 0 Å². The highest BCUT2D eigenvalue weighted by molar-refractivity contribution is 5.68. The van der Waals surface area contributed by atoms with Gasteiger partial charge in [-0.1, -0.05) is 6.92 Å². The molecule has 0 amide bonds. The van der Waals surface area contributed by atoms with E-state index in [-0.39, 0.29) is 0 Å². The minimum Gasteiger partial charge on any atom is -0.380 e. The number of fused-ring (bicyclic) bond motifs is 3. The smallest absolute Gasteiger partial charge is 0.152 e. The molecule has 2 aliphatic heterocycles. The summed E-state index contributed by atoms with van der Waals surface area (Å²) in [5, 5.41) is 3.49. The van der Waals surface area contributed by atoms with E-state index < -0.39 is 0 Å². The highest BCUT2D eigenvalue weighted by Crippen LogP contribution is 2.35. The summed E-state index contributed by atoms with van der Waals surface area (Å²) in [5.41, 5.74) is 1.20. The fraction of sp³-hybridized carbons (Fsp3) is 0.583. The predicted octanol–water partition coefficient (Wildman–Crippen LogP) is 2.11. The monoisotopic (exact) mass is 203 g/mol. The standard InChI is InChI=1S/C12H17N3/c1-9-4-3-7-15-11(9)8-14-10-5-2-6-13-12(10)15/h2,5-6,9,11,14H,3-4,7-8H2,1H3. The van der Waals surface area contributed by atoms with Crippen LogP contribution in [-0.4, -0.2) is 24.1 Å². The van der Waals surface area contributed by atoms with Gasteiger partial charge in [0.2, 0.25) is 0 Å². The quantitative estimate of drug-likeness (QED) is 0.700. The Hall–Kier alpha value is -1.25. The minimum atomic E-state index is 0.640. The second-order valence-corrected chi connectivity index (χ2v) is 4.64. The first-order valence-corrected chi connectivity index (χ1v) is 5.82. The number of anilines is 2. The van der Waals surface area contributed by atoms with E-state index in [1.807, 2.05) is 12.3 Å². The third-order valence-corrected chi connectivity index (χ3v) is 3.68. The van der Waals surface area contributed by atoms with Gasteiger partial charge in [0, 0.05) is 19.3 Å². The van der Waals surface area contributed by atoms with Gasteiger partial charge in [0.05, 0.1) is 11.7 Å². The number of aromatic nitrogens is 1. The van der Waals surface area contributed by atoms with E-state index in [1.165, 1.54) is 25.1 Å². The molecule has 2 unspecified atom stereocenters. The number of rotatable bonds is 0. The molecular formula is C12H17N3. The van der Waals surface area contributed by atoms with Gasteiger partial charge in [-0.3, -0.25) is 0 Å². The number of nitrogens with zero attached hydrogens (tertiary/aromatic N) is 2. The first kappa shape index (κ1) is 9.01. The molecule has 0 bridgehead atoms. The SMILES string of the molecule is CC1CCCN2c3ncccc3NCC12. The Bertz CT molecular complexity index is 364. The maximum atomic E-state index is 4.50. The van der Waals surface area contributed by atoms with Crippen molar-refractivity contribution < 1.29 is 0 Å². The first-order chi connectivity index (χ1) is 7.36. The van der Waals surface area contributed by atoms with Crippen LogP contribution in [0.1, 0.15) is 19.8 Å². The summed E-state index contributed by atoms with van der Waals surface area (Å²) < 4.78 is 0. The average molecular weight is 203 g/mol. The molecule has 1 fully saturated rings. The molecular weight excluding hydrogens is 186 g/mol. The Kier molecular flexibility index (Phi) is 2.04. The first-order valence-electron chi connectivity index (χ1n) is 5.82. The topological polar surface area (TPSA) is 28.2 Å². The van der Waals surface area contributed by atoms with Crippen molar-refractivity contribution in [3.05, 3.63) is 18.3 Å². The molecule has 2 atom stereocenters. The number of piperidine rings is 1. The average Bonchev–Trinajstić information content (AvgIpc) is 2.29. The van der Waals surface area contributed by atoms with Crippen LogP contribution in [-0.2, 0) is 0 Å². The predicted molar refractivity (Wildman–Crippen MR) is 62.3 cm³/mol. The summed E-state index contributed by atoms with van der Waals surface area (Å²) in [6.45, 7) is 4.59. The second kappa shape index (κ2) is 3.40. The van der Waals surface area contributed by atoms with Crippen LogP contribution in [0.2, 0.25) is 0 Å². The zero-order valence-electron chi connectivity index (χ0n) is 9.11. The molecule has 1 aromatic heterocycles. The number of hydrogen-bond donors (Lipinski definition) is 1. The summed E-state index contributed by atoms with van der Waals surface area (Å²) in [6, 6.07) is 4.76. The summed E-state index contributed by atoms with van der Waals surface area (Å²) in [7, 11) is 0. The van der Waals surface area contributed by atoms with Crippen molar-refractivity contribution in [2.75, 3.05) is 23.3 Å². The van der Waals surface area contributed by atoms with Gasteiger partial charge in [0.1, 0.15) is 0 Å². The van der Waals surface area contributed by atoms with Gasteiger partial charge in [0.25, 0.3) is 0 Å². The van der Waals surface area contributed by atoms with Crippen molar-refractivity contribution in [2.24, 2.45) is 5.92 Å². The lowest BCUT2D eigenvalue weighted by atomic mass is 9.89. The van der Waals surface area contributed by atoms with Gasteiger partial charge in [-0.15, -0.1) is 0 Å². The fourth-order valence-electron chi connectivity index (χ4n) is 2.80. The molecule has 0 aromatic carbocycles. The molecule has 80 valence electrons. The van der Waals surface area contributed by atoms with E-state index >= 15 is 0 Å². The normalized spacial score (nSPS) is 29.0. The third-order valence-electron chi connectivity index (χ3n) is 3.68. The molecule has 1 saturated heterocycles. The summed E-state index contributed by atoms with van der Waals surface area (Å²) in [5.74, 6) is 1.93. The van der Waals surface area contributed by atoms with Crippen molar-refractivity contribution in [1.29, 1.82) is 0 Å². The van der Waals surface area contributed by atoms with Gasteiger partial charge in [-0.25, -0.2) is 4.98 Å². The maximum absolute atomic E-state index is 4.50. The summed E-state index contributed by atoms with van der Waals surface area (Å²) >= 11 is 0. The number of hydrogen-bond acceptors (Lipinski definition) is 3. The Morgan fingerprint density at radius 1 is 1.53 bits per heavy atom. The highest BCUT2D eigenvalue weighted by Gasteiger charge is 2.33. The minimum absolute atomic E-state index is 0.640. The van der Waals surface area contributed by atoms with Crippen LogP contribution in [0.3, 0.4) is 0 Å². The molecule has 1 N–H and O–H groups in total. The van der Waals surface area contributed by atoms with E-state index in [2.05, 4.69) is 28.2 Å². The van der Waals surface area contributed by atoms with Crippen LogP contribution in [0.15, 0.2) is 18.3 Å². The molecule has 3 heteroatoms. The van der Waals surface area contributed by atoms with Crippen molar-refractivity contribution in [1.82, 2.24) is 4.98 Å².